The van der Waals surface area contributed by atoms with Crippen LogP contribution in [0.25, 0.3) is 6.08 Å². The van der Waals surface area contributed by atoms with E-state index in [0.717, 1.165) is 6.08 Å². The third kappa shape index (κ3) is 7.01. The van der Waals surface area contributed by atoms with Crippen molar-refractivity contribution in [3.05, 3.63) is 41.5 Å². The SMILES string of the molecule is O=C(C=Cc1ccc(O)c(O)c1)OCC(=CCO)COC1OC(CO)C(O)C(O)C1O. The fourth-order valence-corrected chi connectivity index (χ4v) is 2.70. The second-order valence-corrected chi connectivity index (χ2v) is 6.74. The van der Waals surface area contributed by atoms with Crippen molar-refractivity contribution in [2.45, 2.75) is 30.7 Å². The van der Waals surface area contributed by atoms with Gasteiger partial charge in [0.15, 0.2) is 17.8 Å². The molecule has 0 spiro atoms. The van der Waals surface area contributed by atoms with Crippen molar-refractivity contribution in [1.82, 2.24) is 0 Å². The van der Waals surface area contributed by atoms with E-state index in [2.05, 4.69) is 0 Å². The second-order valence-electron chi connectivity index (χ2n) is 6.74. The zero-order chi connectivity index (χ0) is 23.0. The number of rotatable bonds is 9. The van der Waals surface area contributed by atoms with E-state index >= 15 is 0 Å². The van der Waals surface area contributed by atoms with Gasteiger partial charge in [0.25, 0.3) is 0 Å². The number of aromatic hydroxyl groups is 2. The number of phenols is 2. The molecule has 31 heavy (non-hydrogen) atoms. The van der Waals surface area contributed by atoms with Gasteiger partial charge >= 0.3 is 5.97 Å². The third-order valence-corrected chi connectivity index (χ3v) is 4.47. The summed E-state index contributed by atoms with van der Waals surface area (Å²) in [4.78, 5) is 11.9. The molecule has 0 amide bonds. The number of carbonyl (C=O) groups is 1. The lowest BCUT2D eigenvalue weighted by atomic mass is 9.99. The summed E-state index contributed by atoms with van der Waals surface area (Å²) in [6, 6.07) is 3.99. The first-order chi connectivity index (χ1) is 14.8. The molecule has 1 aromatic rings. The first-order valence-corrected chi connectivity index (χ1v) is 9.34. The number of ether oxygens (including phenoxy) is 3. The van der Waals surface area contributed by atoms with Crippen LogP contribution in [0.15, 0.2) is 35.9 Å². The first-order valence-electron chi connectivity index (χ1n) is 9.34. The number of benzene rings is 1. The largest absolute Gasteiger partial charge is 0.504 e. The van der Waals surface area contributed by atoms with Gasteiger partial charge in [-0.05, 0) is 29.3 Å². The van der Waals surface area contributed by atoms with Gasteiger partial charge in [0, 0.05) is 6.08 Å². The summed E-state index contributed by atoms with van der Waals surface area (Å²) in [6.07, 6.45) is -3.41. The molecule has 0 bridgehead atoms. The maximum atomic E-state index is 11.9. The summed E-state index contributed by atoms with van der Waals surface area (Å²) in [5.74, 6) is -1.36. The number of carbonyl (C=O) groups excluding carboxylic acids is 1. The molecule has 1 aliphatic rings. The van der Waals surface area contributed by atoms with E-state index in [1.807, 2.05) is 0 Å². The van der Waals surface area contributed by atoms with E-state index in [4.69, 9.17) is 19.3 Å². The highest BCUT2D eigenvalue weighted by Gasteiger charge is 2.44. The fraction of sp³-hybridized carbons (Fsp3) is 0.450. The van der Waals surface area contributed by atoms with Crippen molar-refractivity contribution < 1.29 is 54.8 Å². The monoisotopic (exact) mass is 442 g/mol. The summed E-state index contributed by atoms with van der Waals surface area (Å²) in [5.41, 5.74) is 0.771. The topological polar surface area (TPSA) is 186 Å². The molecule has 2 rings (SSSR count). The summed E-state index contributed by atoms with van der Waals surface area (Å²) >= 11 is 0. The minimum absolute atomic E-state index is 0.244. The molecule has 172 valence electrons. The van der Waals surface area contributed by atoms with Crippen molar-refractivity contribution >= 4 is 12.0 Å². The standard InChI is InChI=1S/C20H26O11/c21-6-5-12(10-30-20-19(28)18(27)17(26)15(8-22)31-20)9-29-16(25)4-2-11-1-3-13(23)14(24)7-11/h1-5,7,15,17-24,26-28H,6,8-10H2. The Bertz CT molecular complexity index is 789. The Morgan fingerprint density at radius 2 is 1.77 bits per heavy atom. The molecule has 7 N–H and O–H groups in total. The fourth-order valence-electron chi connectivity index (χ4n) is 2.70. The number of hydrogen-bond donors (Lipinski definition) is 7. The zero-order valence-electron chi connectivity index (χ0n) is 16.4. The van der Waals surface area contributed by atoms with Crippen LogP contribution < -0.4 is 0 Å². The molecule has 11 nitrogen and oxygen atoms in total. The van der Waals surface area contributed by atoms with E-state index in [0.29, 0.717) is 11.1 Å². The molecular weight excluding hydrogens is 416 g/mol. The Labute approximate surface area is 177 Å². The smallest absolute Gasteiger partial charge is 0.331 e. The predicted octanol–water partition coefficient (Wildman–Crippen LogP) is -1.61. The molecule has 0 aromatic heterocycles. The average molecular weight is 442 g/mol. The van der Waals surface area contributed by atoms with Gasteiger partial charge in [-0.2, -0.15) is 0 Å². The predicted molar refractivity (Wildman–Crippen MR) is 105 cm³/mol. The Morgan fingerprint density at radius 1 is 1.03 bits per heavy atom. The van der Waals surface area contributed by atoms with Crippen molar-refractivity contribution in [2.75, 3.05) is 26.4 Å². The molecule has 1 saturated heterocycles. The zero-order valence-corrected chi connectivity index (χ0v) is 16.4. The lowest BCUT2D eigenvalue weighted by Crippen LogP contribution is -2.59. The van der Waals surface area contributed by atoms with E-state index < -0.39 is 43.3 Å². The molecule has 5 atom stereocenters. The Hall–Kier alpha value is -2.51. The molecular formula is C20H26O11. The number of hydrogen-bond acceptors (Lipinski definition) is 11. The summed E-state index contributed by atoms with van der Waals surface area (Å²) in [6.45, 7) is -1.49. The quantitative estimate of drug-likeness (QED) is 0.101. The molecule has 0 radical (unpaired) electrons. The maximum Gasteiger partial charge on any atom is 0.331 e. The lowest BCUT2D eigenvalue weighted by Gasteiger charge is -2.39. The van der Waals surface area contributed by atoms with Crippen molar-refractivity contribution in [2.24, 2.45) is 0 Å². The number of phenolic OH excluding ortho intramolecular Hbond substituents is 2. The Kier molecular flexibility index (Phi) is 9.40. The third-order valence-electron chi connectivity index (χ3n) is 4.47. The highest BCUT2D eigenvalue weighted by atomic mass is 16.7. The summed E-state index contributed by atoms with van der Waals surface area (Å²) in [7, 11) is 0. The highest BCUT2D eigenvalue weighted by Crippen LogP contribution is 2.25. The minimum Gasteiger partial charge on any atom is -0.504 e. The van der Waals surface area contributed by atoms with Gasteiger partial charge in [-0.3, -0.25) is 0 Å². The van der Waals surface area contributed by atoms with Crippen LogP contribution in [0.5, 0.6) is 11.5 Å². The van der Waals surface area contributed by atoms with Gasteiger partial charge < -0.3 is 50.0 Å². The van der Waals surface area contributed by atoms with Crippen molar-refractivity contribution in [3.8, 4) is 11.5 Å². The molecule has 0 saturated carbocycles. The molecule has 0 aliphatic carbocycles. The van der Waals surface area contributed by atoms with Crippen LogP contribution in [0.3, 0.4) is 0 Å². The second kappa shape index (κ2) is 11.8. The summed E-state index contributed by atoms with van der Waals surface area (Å²) in [5, 5.41) is 66.5. The number of aliphatic hydroxyl groups is 5. The number of aliphatic hydroxyl groups excluding tert-OH is 5. The maximum absolute atomic E-state index is 11.9. The Morgan fingerprint density at radius 3 is 2.42 bits per heavy atom. The van der Waals surface area contributed by atoms with Gasteiger partial charge in [-0.25, -0.2) is 4.79 Å². The average Bonchev–Trinajstić information content (AvgIpc) is 2.76. The molecule has 1 heterocycles. The lowest BCUT2D eigenvalue weighted by molar-refractivity contribution is -0.299. The molecule has 1 fully saturated rings. The van der Waals surface area contributed by atoms with Gasteiger partial charge in [0.2, 0.25) is 0 Å². The number of esters is 1. The molecule has 1 aromatic carbocycles. The van der Waals surface area contributed by atoms with Crippen LogP contribution in [-0.4, -0.2) is 98.8 Å². The van der Waals surface area contributed by atoms with Gasteiger partial charge in [-0.15, -0.1) is 0 Å². The van der Waals surface area contributed by atoms with Crippen LogP contribution in [0, 0.1) is 0 Å². The van der Waals surface area contributed by atoms with Gasteiger partial charge in [-0.1, -0.05) is 12.1 Å². The summed E-state index contributed by atoms with van der Waals surface area (Å²) < 4.78 is 15.6. The van der Waals surface area contributed by atoms with Crippen molar-refractivity contribution in [1.29, 1.82) is 0 Å². The van der Waals surface area contributed by atoms with Crippen LogP contribution in [0.2, 0.25) is 0 Å². The van der Waals surface area contributed by atoms with Gasteiger partial charge in [0.05, 0.1) is 19.8 Å². The normalized spacial score (nSPS) is 26.9. The van der Waals surface area contributed by atoms with E-state index in [1.165, 1.54) is 30.4 Å². The van der Waals surface area contributed by atoms with Crippen LogP contribution in [-0.2, 0) is 19.0 Å². The molecule has 1 aliphatic heterocycles. The van der Waals surface area contributed by atoms with Gasteiger partial charge in [0.1, 0.15) is 31.0 Å². The first kappa shape index (κ1) is 24.8. The minimum atomic E-state index is -1.59. The highest BCUT2D eigenvalue weighted by molar-refractivity contribution is 5.87. The Balaban J connectivity index is 1.88. The van der Waals surface area contributed by atoms with Crippen molar-refractivity contribution in [3.63, 3.8) is 0 Å². The van der Waals surface area contributed by atoms with Crippen LogP contribution in [0.1, 0.15) is 5.56 Å². The molecule has 11 heteroatoms. The van der Waals surface area contributed by atoms with Crippen LogP contribution >= 0.6 is 0 Å². The van der Waals surface area contributed by atoms with E-state index in [-0.39, 0.29) is 31.3 Å². The van der Waals surface area contributed by atoms with Crippen LogP contribution in [0.4, 0.5) is 0 Å². The molecule has 5 unspecified atom stereocenters. The van der Waals surface area contributed by atoms with E-state index in [9.17, 15) is 35.4 Å². The van der Waals surface area contributed by atoms with E-state index in [1.54, 1.807) is 0 Å².